The van der Waals surface area contributed by atoms with E-state index in [0.717, 1.165) is 4.47 Å². The van der Waals surface area contributed by atoms with Gasteiger partial charge >= 0.3 is 5.97 Å². The lowest BCUT2D eigenvalue weighted by atomic mass is 10.1. The molecule has 16 heavy (non-hydrogen) atoms. The van der Waals surface area contributed by atoms with Crippen LogP contribution in [0, 0.1) is 0 Å². The Labute approximate surface area is 99.8 Å². The van der Waals surface area contributed by atoms with Gasteiger partial charge in [-0.1, -0.05) is 21.1 Å². The second-order valence-corrected chi connectivity index (χ2v) is 3.68. The van der Waals surface area contributed by atoms with E-state index in [1.54, 1.807) is 12.1 Å². The number of hydrogen-bond acceptors (Lipinski definition) is 4. The van der Waals surface area contributed by atoms with Crippen molar-refractivity contribution in [3.63, 3.8) is 0 Å². The number of ketones is 1. The SMILES string of the molecule is CO/N=C(\C(=O)O)C(=O)c1ccc(Br)cc1. The summed E-state index contributed by atoms with van der Waals surface area (Å²) >= 11 is 3.21. The summed E-state index contributed by atoms with van der Waals surface area (Å²) in [6.07, 6.45) is 0. The van der Waals surface area contributed by atoms with Crippen molar-refractivity contribution in [2.45, 2.75) is 0 Å². The molecule has 0 spiro atoms. The Hall–Kier alpha value is -1.69. The number of rotatable bonds is 4. The van der Waals surface area contributed by atoms with Crippen molar-refractivity contribution < 1.29 is 19.5 Å². The molecule has 0 aliphatic carbocycles. The Bertz CT molecular complexity index is 439. The van der Waals surface area contributed by atoms with Crippen LogP contribution >= 0.6 is 15.9 Å². The van der Waals surface area contributed by atoms with Crippen LogP contribution < -0.4 is 0 Å². The summed E-state index contributed by atoms with van der Waals surface area (Å²) in [6.45, 7) is 0. The minimum absolute atomic E-state index is 0.237. The number of aliphatic carboxylic acids is 1. The van der Waals surface area contributed by atoms with Gasteiger partial charge in [-0.25, -0.2) is 4.79 Å². The molecule has 0 bridgehead atoms. The number of hydrogen-bond donors (Lipinski definition) is 1. The molecule has 0 fully saturated rings. The van der Waals surface area contributed by atoms with Gasteiger partial charge in [0.05, 0.1) is 0 Å². The van der Waals surface area contributed by atoms with Gasteiger partial charge in [-0.05, 0) is 24.3 Å². The van der Waals surface area contributed by atoms with Crippen LogP contribution in [0.15, 0.2) is 33.9 Å². The molecule has 1 N–H and O–H groups in total. The molecule has 1 aromatic rings. The van der Waals surface area contributed by atoms with Gasteiger partial charge in [0.1, 0.15) is 7.11 Å². The molecule has 6 heteroatoms. The van der Waals surface area contributed by atoms with Crippen LogP contribution in [0.1, 0.15) is 10.4 Å². The zero-order chi connectivity index (χ0) is 12.1. The minimum atomic E-state index is -1.42. The topological polar surface area (TPSA) is 76.0 Å². The maximum atomic E-state index is 11.7. The van der Waals surface area contributed by atoms with Crippen molar-refractivity contribution >= 4 is 33.4 Å². The molecule has 5 nitrogen and oxygen atoms in total. The first-order chi connectivity index (χ1) is 7.56. The number of benzene rings is 1. The van der Waals surface area contributed by atoms with Crippen molar-refractivity contribution in [3.8, 4) is 0 Å². The predicted molar refractivity (Wildman–Crippen MR) is 60.6 cm³/mol. The van der Waals surface area contributed by atoms with Crippen molar-refractivity contribution in [1.82, 2.24) is 0 Å². The number of Topliss-reactive ketones (excluding diaryl/α,β-unsaturated/α-hetero) is 1. The highest BCUT2D eigenvalue weighted by Crippen LogP contribution is 2.11. The van der Waals surface area contributed by atoms with Crippen LogP contribution in [-0.2, 0) is 9.63 Å². The van der Waals surface area contributed by atoms with E-state index in [1.807, 2.05) is 0 Å². The smallest absolute Gasteiger partial charge is 0.362 e. The molecule has 0 heterocycles. The summed E-state index contributed by atoms with van der Waals surface area (Å²) in [6, 6.07) is 6.28. The van der Waals surface area contributed by atoms with E-state index >= 15 is 0 Å². The fourth-order valence-electron chi connectivity index (χ4n) is 1.01. The fraction of sp³-hybridized carbons (Fsp3) is 0.100. The molecule has 0 atom stereocenters. The Morgan fingerprint density at radius 1 is 1.31 bits per heavy atom. The number of halogens is 1. The number of carbonyl (C=O) groups excluding carboxylic acids is 1. The molecular weight excluding hydrogens is 278 g/mol. The second-order valence-electron chi connectivity index (χ2n) is 2.76. The molecule has 0 unspecified atom stereocenters. The Kier molecular flexibility index (Phi) is 4.19. The Morgan fingerprint density at radius 2 is 1.88 bits per heavy atom. The molecule has 84 valence electrons. The number of carboxylic acids is 1. The first kappa shape index (κ1) is 12.4. The fourth-order valence-corrected chi connectivity index (χ4v) is 1.27. The predicted octanol–water partition coefficient (Wildman–Crippen LogP) is 1.72. The van der Waals surface area contributed by atoms with Crippen LogP contribution in [0.5, 0.6) is 0 Å². The molecule has 0 radical (unpaired) electrons. The van der Waals surface area contributed by atoms with Crippen LogP contribution in [0.3, 0.4) is 0 Å². The van der Waals surface area contributed by atoms with E-state index in [4.69, 9.17) is 5.11 Å². The molecule has 0 saturated carbocycles. The van der Waals surface area contributed by atoms with E-state index in [2.05, 4.69) is 25.9 Å². The molecule has 1 rings (SSSR count). The van der Waals surface area contributed by atoms with Crippen LogP contribution in [0.2, 0.25) is 0 Å². The van der Waals surface area contributed by atoms with Gasteiger partial charge < -0.3 is 9.94 Å². The van der Waals surface area contributed by atoms with Crippen molar-refractivity contribution in [2.24, 2.45) is 5.16 Å². The normalized spacial score (nSPS) is 11.0. The molecule has 1 aromatic carbocycles. The first-order valence-corrected chi connectivity index (χ1v) is 5.00. The van der Waals surface area contributed by atoms with Crippen molar-refractivity contribution in [2.75, 3.05) is 7.11 Å². The molecule has 0 aliphatic heterocycles. The standard InChI is InChI=1S/C10H8BrNO4/c1-16-12-8(10(14)15)9(13)6-2-4-7(11)5-3-6/h2-5H,1H3,(H,14,15)/b12-8-. The quantitative estimate of drug-likeness (QED) is 0.396. The van der Waals surface area contributed by atoms with Crippen LogP contribution in [0.4, 0.5) is 0 Å². The average Bonchev–Trinajstić information content (AvgIpc) is 2.25. The average molecular weight is 286 g/mol. The maximum Gasteiger partial charge on any atom is 0.362 e. The third-order valence-corrected chi connectivity index (χ3v) is 2.24. The van der Waals surface area contributed by atoms with Gasteiger partial charge in [0.15, 0.2) is 0 Å². The largest absolute Gasteiger partial charge is 0.476 e. The van der Waals surface area contributed by atoms with E-state index in [9.17, 15) is 9.59 Å². The van der Waals surface area contributed by atoms with Gasteiger partial charge in [-0.15, -0.1) is 0 Å². The summed E-state index contributed by atoms with van der Waals surface area (Å²) in [7, 11) is 1.18. The van der Waals surface area contributed by atoms with Gasteiger partial charge in [0, 0.05) is 10.0 Å². The minimum Gasteiger partial charge on any atom is -0.476 e. The zero-order valence-corrected chi connectivity index (χ0v) is 9.89. The Balaban J connectivity index is 3.05. The highest BCUT2D eigenvalue weighted by molar-refractivity contribution is 9.10. The molecule has 0 amide bonds. The van der Waals surface area contributed by atoms with Crippen LogP contribution in [-0.4, -0.2) is 29.7 Å². The summed E-state index contributed by atoms with van der Waals surface area (Å²) < 4.78 is 0.796. The molecular formula is C10H8BrNO4. The number of oxime groups is 1. The Morgan fingerprint density at radius 3 is 2.31 bits per heavy atom. The first-order valence-electron chi connectivity index (χ1n) is 4.21. The van der Waals surface area contributed by atoms with Gasteiger partial charge in [-0.3, -0.25) is 4.79 Å². The van der Waals surface area contributed by atoms with E-state index in [0.29, 0.717) is 0 Å². The molecule has 0 aromatic heterocycles. The maximum absolute atomic E-state index is 11.7. The number of nitrogens with zero attached hydrogens (tertiary/aromatic N) is 1. The summed E-state index contributed by atoms with van der Waals surface area (Å²) in [5, 5.41) is 11.9. The van der Waals surface area contributed by atoms with Gasteiger partial charge in [-0.2, -0.15) is 0 Å². The lowest BCUT2D eigenvalue weighted by Crippen LogP contribution is -2.24. The van der Waals surface area contributed by atoms with Crippen molar-refractivity contribution in [3.05, 3.63) is 34.3 Å². The molecule has 0 aliphatic rings. The van der Waals surface area contributed by atoms with E-state index in [-0.39, 0.29) is 5.56 Å². The van der Waals surface area contributed by atoms with Gasteiger partial charge in [0.25, 0.3) is 0 Å². The lowest BCUT2D eigenvalue weighted by molar-refractivity contribution is -0.129. The zero-order valence-electron chi connectivity index (χ0n) is 8.31. The lowest BCUT2D eigenvalue weighted by Gasteiger charge is -2.00. The van der Waals surface area contributed by atoms with Crippen molar-refractivity contribution in [1.29, 1.82) is 0 Å². The monoisotopic (exact) mass is 285 g/mol. The third-order valence-electron chi connectivity index (χ3n) is 1.71. The number of carbonyl (C=O) groups is 2. The highest BCUT2D eigenvalue weighted by atomic mass is 79.9. The number of carboxylic acid groups (broad SMARTS) is 1. The summed E-state index contributed by atoms with van der Waals surface area (Å²) in [5.41, 5.74) is -0.411. The van der Waals surface area contributed by atoms with Gasteiger partial charge in [0.2, 0.25) is 11.5 Å². The molecule has 0 saturated heterocycles. The third kappa shape index (κ3) is 2.90. The summed E-state index contributed by atoms with van der Waals surface area (Å²) in [4.78, 5) is 26.7. The summed E-state index contributed by atoms with van der Waals surface area (Å²) in [5.74, 6) is -2.11. The highest BCUT2D eigenvalue weighted by Gasteiger charge is 2.22. The van der Waals surface area contributed by atoms with Crippen LogP contribution in [0.25, 0.3) is 0 Å². The van der Waals surface area contributed by atoms with E-state index < -0.39 is 17.5 Å². The second kappa shape index (κ2) is 5.41. The van der Waals surface area contributed by atoms with E-state index in [1.165, 1.54) is 19.2 Å².